The third-order valence-corrected chi connectivity index (χ3v) is 9.50. The molecule has 4 heterocycles. The van der Waals surface area contributed by atoms with Crippen molar-refractivity contribution in [1.82, 2.24) is 49.7 Å². The topological polar surface area (TPSA) is 121 Å². The summed E-state index contributed by atoms with van der Waals surface area (Å²) in [7, 11) is 0. The minimum Gasteiger partial charge on any atom is -0.341 e. The van der Waals surface area contributed by atoms with Crippen molar-refractivity contribution in [3.05, 3.63) is 145 Å². The van der Waals surface area contributed by atoms with Gasteiger partial charge in [-0.05, 0) is 73.7 Å². The number of H-pyrrole nitrogens is 4. The Hall–Kier alpha value is -5.84. The van der Waals surface area contributed by atoms with Gasteiger partial charge in [0.2, 0.25) is 0 Å². The van der Waals surface area contributed by atoms with E-state index in [2.05, 4.69) is 84.9 Å². The highest BCUT2D eigenvalue weighted by molar-refractivity contribution is 5.76. The lowest BCUT2D eigenvalue weighted by Gasteiger charge is -2.23. The molecule has 10 nitrogen and oxygen atoms in total. The zero-order chi connectivity index (χ0) is 35.1. The van der Waals surface area contributed by atoms with Crippen LogP contribution in [-0.2, 0) is 26.2 Å². The fourth-order valence-electron chi connectivity index (χ4n) is 7.02. The van der Waals surface area contributed by atoms with E-state index in [9.17, 15) is 0 Å². The predicted molar refractivity (Wildman–Crippen MR) is 209 cm³/mol. The first-order valence-corrected chi connectivity index (χ1v) is 18.1. The van der Waals surface area contributed by atoms with Crippen molar-refractivity contribution in [3.63, 3.8) is 0 Å². The van der Waals surface area contributed by atoms with Crippen LogP contribution in [0.1, 0.15) is 42.6 Å². The van der Waals surface area contributed by atoms with Crippen LogP contribution in [0.2, 0.25) is 0 Å². The molecule has 4 N–H and O–H groups in total. The van der Waals surface area contributed by atoms with Crippen LogP contribution in [0.3, 0.4) is 0 Å². The SMILES string of the molecule is C1=CC(CN(Cc2nc3ccccc3[nH]2)Cc2nc3ccccc3[nH]2)CC1.C=CCCN(Cc1nc2ccccc2[nH]1)Cc1nc2ccccc2[nH]1. The van der Waals surface area contributed by atoms with E-state index in [1.807, 2.05) is 66.7 Å². The van der Waals surface area contributed by atoms with Gasteiger partial charge < -0.3 is 19.9 Å². The molecule has 52 heavy (non-hydrogen) atoms. The van der Waals surface area contributed by atoms with Crippen molar-refractivity contribution in [2.24, 2.45) is 5.92 Å². The number of allylic oxidation sites excluding steroid dienone is 1. The Bertz CT molecular complexity index is 2140. The maximum absolute atomic E-state index is 4.77. The maximum atomic E-state index is 4.77. The van der Waals surface area contributed by atoms with Gasteiger partial charge in [-0.1, -0.05) is 66.8 Å². The van der Waals surface area contributed by atoms with Gasteiger partial charge >= 0.3 is 0 Å². The summed E-state index contributed by atoms with van der Waals surface area (Å²) in [6.07, 6.45) is 9.95. The second-order valence-electron chi connectivity index (χ2n) is 13.5. The molecule has 1 aliphatic carbocycles. The fraction of sp³-hybridized carbons (Fsp3) is 0.238. The molecule has 0 saturated carbocycles. The molecule has 9 rings (SSSR count). The van der Waals surface area contributed by atoms with Gasteiger partial charge in [-0.2, -0.15) is 0 Å². The van der Waals surface area contributed by atoms with Crippen LogP contribution in [0.4, 0.5) is 0 Å². The van der Waals surface area contributed by atoms with Crippen LogP contribution in [0.15, 0.2) is 122 Å². The molecular formula is C42H44N10. The molecular weight excluding hydrogens is 645 g/mol. The highest BCUT2D eigenvalue weighted by atomic mass is 15.2. The van der Waals surface area contributed by atoms with Crippen molar-refractivity contribution in [2.45, 2.75) is 45.4 Å². The molecule has 1 atom stereocenters. The van der Waals surface area contributed by atoms with Crippen LogP contribution < -0.4 is 0 Å². The minimum atomic E-state index is 0.610. The lowest BCUT2D eigenvalue weighted by Crippen LogP contribution is -2.28. The standard InChI is InChI=1S/C22H23N5.C20H21N5/c1-2-8-16(7-1)13-27(14-21-23-17-9-3-4-10-18(17)24-21)15-22-25-19-11-5-6-12-20(19)26-22;1-2-3-12-25(13-19-21-15-8-4-5-9-16(15)22-19)14-20-23-17-10-6-7-11-18(17)24-20/h1,3-7,9-12,16H,2,8,13-15H2,(H,23,24)(H,25,26);2,4-11H,1,3,12-14H2,(H,21,22)(H,23,24). The quantitative estimate of drug-likeness (QED) is 0.0903. The molecule has 1 unspecified atom stereocenters. The number of nitrogens with one attached hydrogen (secondary N) is 4. The number of fused-ring (bicyclic) bond motifs is 4. The van der Waals surface area contributed by atoms with Gasteiger partial charge in [0, 0.05) is 13.1 Å². The molecule has 0 radical (unpaired) electrons. The number of aromatic nitrogens is 8. The minimum absolute atomic E-state index is 0.610. The molecule has 0 amide bonds. The van der Waals surface area contributed by atoms with Crippen molar-refractivity contribution in [1.29, 1.82) is 0 Å². The Balaban J connectivity index is 0.000000149. The average molecular weight is 689 g/mol. The van der Waals surface area contributed by atoms with Gasteiger partial charge in [0.25, 0.3) is 0 Å². The smallest absolute Gasteiger partial charge is 0.121 e. The first kappa shape index (κ1) is 33.3. The van der Waals surface area contributed by atoms with E-state index in [4.69, 9.17) is 19.9 Å². The van der Waals surface area contributed by atoms with Gasteiger partial charge in [0.15, 0.2) is 0 Å². The summed E-state index contributed by atoms with van der Waals surface area (Å²) in [6, 6.07) is 32.6. The number of hydrogen-bond acceptors (Lipinski definition) is 6. The predicted octanol–water partition coefficient (Wildman–Crippen LogP) is 8.43. The molecule has 0 fully saturated rings. The van der Waals surface area contributed by atoms with E-state index in [1.165, 1.54) is 12.8 Å². The van der Waals surface area contributed by atoms with Gasteiger partial charge in [-0.15, -0.1) is 6.58 Å². The van der Waals surface area contributed by atoms with Crippen LogP contribution in [0, 0.1) is 5.92 Å². The van der Waals surface area contributed by atoms with Crippen molar-refractivity contribution in [2.75, 3.05) is 13.1 Å². The number of rotatable bonds is 13. The molecule has 4 aromatic carbocycles. The molecule has 0 spiro atoms. The summed E-state index contributed by atoms with van der Waals surface area (Å²) in [6.45, 7) is 8.85. The van der Waals surface area contributed by atoms with E-state index < -0.39 is 0 Å². The molecule has 8 aromatic rings. The molecule has 1 aliphatic rings. The van der Waals surface area contributed by atoms with E-state index in [0.717, 1.165) is 113 Å². The Morgan fingerprint density at radius 2 is 0.942 bits per heavy atom. The summed E-state index contributed by atoms with van der Waals surface area (Å²) >= 11 is 0. The third-order valence-electron chi connectivity index (χ3n) is 9.50. The summed E-state index contributed by atoms with van der Waals surface area (Å²) in [5.41, 5.74) is 8.40. The van der Waals surface area contributed by atoms with Crippen LogP contribution in [-0.4, -0.2) is 62.8 Å². The summed E-state index contributed by atoms with van der Waals surface area (Å²) in [5, 5.41) is 0. The second-order valence-corrected chi connectivity index (χ2v) is 13.5. The normalized spacial score (nSPS) is 14.3. The average Bonchev–Trinajstić information content (AvgIpc) is 4.00. The number of hydrogen-bond donors (Lipinski definition) is 4. The van der Waals surface area contributed by atoms with E-state index in [-0.39, 0.29) is 0 Å². The first-order chi connectivity index (χ1) is 25.6. The van der Waals surface area contributed by atoms with Gasteiger partial charge in [-0.25, -0.2) is 19.9 Å². The van der Waals surface area contributed by atoms with Gasteiger partial charge in [-0.3, -0.25) is 9.80 Å². The largest absolute Gasteiger partial charge is 0.341 e. The molecule has 0 aliphatic heterocycles. The van der Waals surface area contributed by atoms with E-state index >= 15 is 0 Å². The molecule has 262 valence electrons. The lowest BCUT2D eigenvalue weighted by atomic mass is 10.1. The van der Waals surface area contributed by atoms with Gasteiger partial charge in [0.1, 0.15) is 23.3 Å². The fourth-order valence-corrected chi connectivity index (χ4v) is 7.02. The Morgan fingerprint density at radius 3 is 1.29 bits per heavy atom. The van der Waals surface area contributed by atoms with Crippen molar-refractivity contribution >= 4 is 44.1 Å². The zero-order valence-corrected chi connectivity index (χ0v) is 29.3. The Kier molecular flexibility index (Phi) is 9.99. The van der Waals surface area contributed by atoms with Crippen molar-refractivity contribution in [3.8, 4) is 0 Å². The van der Waals surface area contributed by atoms with Crippen molar-refractivity contribution < 1.29 is 0 Å². The third kappa shape index (κ3) is 8.04. The maximum Gasteiger partial charge on any atom is 0.121 e. The second kappa shape index (κ2) is 15.6. The number of nitrogens with zero attached hydrogens (tertiary/aromatic N) is 6. The molecule has 4 aromatic heterocycles. The highest BCUT2D eigenvalue weighted by Crippen LogP contribution is 2.22. The van der Waals surface area contributed by atoms with Gasteiger partial charge in [0.05, 0.1) is 70.3 Å². The van der Waals surface area contributed by atoms with E-state index in [0.29, 0.717) is 5.92 Å². The zero-order valence-electron chi connectivity index (χ0n) is 29.3. The number of benzene rings is 4. The summed E-state index contributed by atoms with van der Waals surface area (Å²) in [4.78, 5) is 37.4. The van der Waals surface area contributed by atoms with Crippen LogP contribution >= 0.6 is 0 Å². The van der Waals surface area contributed by atoms with Crippen LogP contribution in [0.25, 0.3) is 44.1 Å². The number of para-hydroxylation sites is 8. The number of aromatic amines is 4. The molecule has 0 bridgehead atoms. The molecule has 0 saturated heterocycles. The Labute approximate surface area is 302 Å². The Morgan fingerprint density at radius 1 is 0.558 bits per heavy atom. The summed E-state index contributed by atoms with van der Waals surface area (Å²) in [5.74, 6) is 4.57. The monoisotopic (exact) mass is 688 g/mol. The van der Waals surface area contributed by atoms with Crippen LogP contribution in [0.5, 0.6) is 0 Å². The number of imidazole rings is 4. The highest BCUT2D eigenvalue weighted by Gasteiger charge is 2.18. The molecule has 10 heteroatoms. The lowest BCUT2D eigenvalue weighted by molar-refractivity contribution is 0.221. The summed E-state index contributed by atoms with van der Waals surface area (Å²) < 4.78 is 0. The first-order valence-electron chi connectivity index (χ1n) is 18.1. The van der Waals surface area contributed by atoms with E-state index in [1.54, 1.807) is 0 Å².